The molecule has 2 fully saturated rings. The van der Waals surface area contributed by atoms with Gasteiger partial charge in [0.25, 0.3) is 0 Å². The molecule has 1 spiro atoms. The molecule has 1 amide bonds. The number of anilines is 1. The summed E-state index contributed by atoms with van der Waals surface area (Å²) < 4.78 is 12.9. The zero-order valence-corrected chi connectivity index (χ0v) is 13.6. The molecule has 0 radical (unpaired) electrons. The molecule has 24 heavy (non-hydrogen) atoms. The predicted molar refractivity (Wildman–Crippen MR) is 83.9 cm³/mol. The van der Waals surface area contributed by atoms with Gasteiger partial charge in [-0.25, -0.2) is 19.2 Å². The number of carboxylic acid groups (broad SMARTS) is 1. The number of carbonyl (C=O) groups excluding carboxylic acids is 1. The lowest BCUT2D eigenvalue weighted by molar-refractivity contribution is -0.154. The minimum atomic E-state index is -0.974. The highest BCUT2D eigenvalue weighted by Crippen LogP contribution is 2.41. The first kappa shape index (κ1) is 16.6. The Morgan fingerprint density at radius 3 is 2.50 bits per heavy atom. The van der Waals surface area contributed by atoms with Crippen LogP contribution in [0.1, 0.15) is 32.6 Å². The van der Waals surface area contributed by atoms with Crippen LogP contribution in [0.4, 0.5) is 10.3 Å². The van der Waals surface area contributed by atoms with Crippen molar-refractivity contribution in [2.24, 2.45) is 5.41 Å². The lowest BCUT2D eigenvalue weighted by Crippen LogP contribution is -2.55. The minimum Gasteiger partial charge on any atom is -0.480 e. The van der Waals surface area contributed by atoms with E-state index in [-0.39, 0.29) is 11.3 Å². The fourth-order valence-electron chi connectivity index (χ4n) is 3.59. The molecule has 1 N–H and O–H groups in total. The van der Waals surface area contributed by atoms with E-state index in [1.807, 2.05) is 4.90 Å². The topological polar surface area (TPSA) is 86.6 Å². The molecule has 3 rings (SSSR count). The van der Waals surface area contributed by atoms with Crippen molar-refractivity contribution in [1.29, 1.82) is 0 Å². The molecule has 0 aromatic carbocycles. The van der Waals surface area contributed by atoms with Crippen LogP contribution in [0, 0.1) is 11.2 Å². The Kier molecular flexibility index (Phi) is 4.38. The predicted octanol–water partition coefficient (Wildman–Crippen LogP) is 1.30. The van der Waals surface area contributed by atoms with E-state index in [0.29, 0.717) is 18.9 Å². The van der Waals surface area contributed by atoms with Gasteiger partial charge < -0.3 is 14.9 Å². The number of aliphatic carboxylic acids is 1. The second kappa shape index (κ2) is 6.33. The molecule has 1 aromatic rings. The number of halogens is 1. The van der Waals surface area contributed by atoms with Crippen LogP contribution in [0.5, 0.6) is 0 Å². The van der Waals surface area contributed by atoms with Crippen molar-refractivity contribution in [2.45, 2.75) is 38.6 Å². The quantitative estimate of drug-likeness (QED) is 0.895. The lowest BCUT2D eigenvalue weighted by Gasteiger charge is -2.48. The highest BCUT2D eigenvalue weighted by molar-refractivity contribution is 5.84. The van der Waals surface area contributed by atoms with Crippen LogP contribution in [0.3, 0.4) is 0 Å². The molecule has 0 aliphatic carbocycles. The number of piperidine rings is 2. The number of hydrogen-bond donors (Lipinski definition) is 1. The summed E-state index contributed by atoms with van der Waals surface area (Å²) in [5.41, 5.74) is -0.0475. The smallest absolute Gasteiger partial charge is 0.326 e. The van der Waals surface area contributed by atoms with E-state index in [0.717, 1.165) is 44.7 Å². The van der Waals surface area contributed by atoms with Gasteiger partial charge in [-0.3, -0.25) is 4.79 Å². The Hall–Kier alpha value is -2.25. The Morgan fingerprint density at radius 2 is 1.92 bits per heavy atom. The van der Waals surface area contributed by atoms with Gasteiger partial charge in [-0.15, -0.1) is 0 Å². The molecule has 2 aliphatic rings. The molecule has 0 bridgehead atoms. The van der Waals surface area contributed by atoms with E-state index in [9.17, 15) is 19.1 Å². The Balaban J connectivity index is 1.67. The molecule has 2 aliphatic heterocycles. The summed E-state index contributed by atoms with van der Waals surface area (Å²) in [5.74, 6) is -1.01. The summed E-state index contributed by atoms with van der Waals surface area (Å²) >= 11 is 0. The highest BCUT2D eigenvalue weighted by Gasteiger charge is 2.43. The molecular weight excluding hydrogens is 315 g/mol. The van der Waals surface area contributed by atoms with E-state index in [4.69, 9.17) is 0 Å². The summed E-state index contributed by atoms with van der Waals surface area (Å²) in [5, 5.41) is 9.20. The van der Waals surface area contributed by atoms with E-state index < -0.39 is 17.8 Å². The molecule has 0 saturated carbocycles. The van der Waals surface area contributed by atoms with Crippen molar-refractivity contribution in [1.82, 2.24) is 14.9 Å². The zero-order chi connectivity index (χ0) is 17.3. The molecule has 7 nitrogen and oxygen atoms in total. The second-order valence-corrected chi connectivity index (χ2v) is 6.72. The van der Waals surface area contributed by atoms with Gasteiger partial charge >= 0.3 is 5.97 Å². The third kappa shape index (κ3) is 3.18. The minimum absolute atomic E-state index is 0.0475. The molecule has 2 saturated heterocycles. The van der Waals surface area contributed by atoms with Crippen LogP contribution in [0.25, 0.3) is 0 Å². The average molecular weight is 336 g/mol. The standard InChI is InChI=1S/C16H21FN4O3/c1-11(14(23)24)21-10-16(3-2-13(21)22)4-6-20(7-5-16)15-18-8-12(17)9-19-15/h8-9,11H,2-7,10H2,1H3,(H,23,24)/t11-/m1/s1. The van der Waals surface area contributed by atoms with Gasteiger partial charge in [0.1, 0.15) is 6.04 Å². The first-order valence-electron chi connectivity index (χ1n) is 8.15. The molecule has 3 heterocycles. The van der Waals surface area contributed by atoms with Crippen LogP contribution in [-0.2, 0) is 9.59 Å². The van der Waals surface area contributed by atoms with Gasteiger partial charge in [-0.2, -0.15) is 0 Å². The van der Waals surface area contributed by atoms with Crippen molar-refractivity contribution in [3.8, 4) is 0 Å². The first-order valence-corrected chi connectivity index (χ1v) is 8.15. The number of hydrogen-bond acceptors (Lipinski definition) is 5. The molecule has 130 valence electrons. The van der Waals surface area contributed by atoms with Crippen molar-refractivity contribution in [2.75, 3.05) is 24.5 Å². The molecule has 1 aromatic heterocycles. The fourth-order valence-corrected chi connectivity index (χ4v) is 3.59. The van der Waals surface area contributed by atoms with Crippen molar-refractivity contribution in [3.05, 3.63) is 18.2 Å². The molecular formula is C16H21FN4O3. The summed E-state index contributed by atoms with van der Waals surface area (Å²) in [4.78, 5) is 34.8. The van der Waals surface area contributed by atoms with Gasteiger partial charge in [-0.05, 0) is 31.6 Å². The SMILES string of the molecule is C[C@H](C(=O)O)N1CC2(CCC1=O)CCN(c1ncc(F)cn1)CC2. The Bertz CT molecular complexity index is 629. The lowest BCUT2D eigenvalue weighted by atomic mass is 9.72. The number of carbonyl (C=O) groups is 2. The summed E-state index contributed by atoms with van der Waals surface area (Å²) in [7, 11) is 0. The third-order valence-electron chi connectivity index (χ3n) is 5.23. The highest BCUT2D eigenvalue weighted by atomic mass is 19.1. The van der Waals surface area contributed by atoms with Gasteiger partial charge in [0.2, 0.25) is 11.9 Å². The van der Waals surface area contributed by atoms with Gasteiger partial charge in [0.15, 0.2) is 5.82 Å². The van der Waals surface area contributed by atoms with Gasteiger partial charge in [0.05, 0.1) is 12.4 Å². The maximum absolute atomic E-state index is 12.9. The fraction of sp³-hybridized carbons (Fsp3) is 0.625. The van der Waals surface area contributed by atoms with Gasteiger partial charge in [-0.1, -0.05) is 0 Å². The van der Waals surface area contributed by atoms with Crippen LogP contribution in [0.2, 0.25) is 0 Å². The molecule has 1 atom stereocenters. The van der Waals surface area contributed by atoms with Crippen LogP contribution >= 0.6 is 0 Å². The monoisotopic (exact) mass is 336 g/mol. The molecule has 8 heteroatoms. The number of likely N-dealkylation sites (tertiary alicyclic amines) is 1. The summed E-state index contributed by atoms with van der Waals surface area (Å²) in [6, 6.07) is -0.798. The second-order valence-electron chi connectivity index (χ2n) is 6.72. The summed E-state index contributed by atoms with van der Waals surface area (Å²) in [6.45, 7) is 3.47. The van der Waals surface area contributed by atoms with E-state index >= 15 is 0 Å². The number of amides is 1. The van der Waals surface area contributed by atoms with Crippen molar-refractivity contribution >= 4 is 17.8 Å². The van der Waals surface area contributed by atoms with E-state index in [1.54, 1.807) is 6.92 Å². The van der Waals surface area contributed by atoms with Crippen molar-refractivity contribution in [3.63, 3.8) is 0 Å². The van der Waals surface area contributed by atoms with Crippen molar-refractivity contribution < 1.29 is 19.1 Å². The average Bonchev–Trinajstić information content (AvgIpc) is 2.58. The van der Waals surface area contributed by atoms with E-state index in [1.165, 1.54) is 4.90 Å². The van der Waals surface area contributed by atoms with Gasteiger partial charge in [0, 0.05) is 26.1 Å². The van der Waals surface area contributed by atoms with E-state index in [2.05, 4.69) is 9.97 Å². The largest absolute Gasteiger partial charge is 0.480 e. The number of aromatic nitrogens is 2. The first-order chi connectivity index (χ1) is 11.4. The van der Waals surface area contributed by atoms with Crippen LogP contribution < -0.4 is 4.90 Å². The number of rotatable bonds is 3. The van der Waals surface area contributed by atoms with Crippen LogP contribution in [-0.4, -0.2) is 57.5 Å². The maximum atomic E-state index is 12.9. The molecule has 0 unspecified atom stereocenters. The number of nitrogens with zero attached hydrogens (tertiary/aromatic N) is 4. The Labute approximate surface area is 139 Å². The Morgan fingerprint density at radius 1 is 1.29 bits per heavy atom. The zero-order valence-electron chi connectivity index (χ0n) is 13.6. The third-order valence-corrected chi connectivity index (χ3v) is 5.23. The maximum Gasteiger partial charge on any atom is 0.326 e. The normalized spacial score (nSPS) is 21.8. The van der Waals surface area contributed by atoms with Crippen LogP contribution in [0.15, 0.2) is 12.4 Å². The number of carboxylic acids is 1. The summed E-state index contributed by atoms with van der Waals surface area (Å²) in [6.07, 6.45) is 5.16.